The maximum absolute atomic E-state index is 2.59. The third-order valence-corrected chi connectivity index (χ3v) is 13.3. The van der Waals surface area contributed by atoms with Gasteiger partial charge in [0.25, 0.3) is 0 Å². The average Bonchev–Trinajstić information content (AvgIpc) is 3.56. The van der Waals surface area contributed by atoms with Gasteiger partial charge >= 0.3 is 0 Å². The van der Waals surface area contributed by atoms with Crippen molar-refractivity contribution in [3.63, 3.8) is 0 Å². The van der Waals surface area contributed by atoms with Crippen LogP contribution in [0.3, 0.4) is 0 Å². The van der Waals surface area contributed by atoms with Crippen molar-refractivity contribution < 1.29 is 0 Å². The van der Waals surface area contributed by atoms with E-state index in [1.807, 2.05) is 11.3 Å². The third kappa shape index (κ3) is 4.09. The van der Waals surface area contributed by atoms with Crippen LogP contribution in [-0.4, -0.2) is 0 Å². The quantitative estimate of drug-likeness (QED) is 0.166. The molecule has 2 nitrogen and oxygen atoms in total. The molecule has 0 saturated carbocycles. The van der Waals surface area contributed by atoms with E-state index >= 15 is 0 Å². The minimum absolute atomic E-state index is 0.138. The van der Waals surface area contributed by atoms with E-state index in [2.05, 4.69) is 195 Å². The van der Waals surface area contributed by atoms with E-state index in [4.69, 9.17) is 0 Å². The molecule has 0 atom stereocenters. The molecular formula is C50H38N2S. The maximum Gasteiger partial charge on any atom is 0.0620 e. The summed E-state index contributed by atoms with van der Waals surface area (Å²) in [6.07, 6.45) is 0. The standard InChI is InChI=1S/C50H38N2S/c1-49(2)37-22-10-13-25-41(37)51(42-26-14-11-23-38(42)49)47-32-18-5-7-20-34(32)48(35-21-8-6-19-33(35)47)52-43-27-15-12-24-39(43)50(3,4)40-29-36-31-17-9-16-28-45(31)53-46(36)30-44(40)52/h5-30H,1-4H3. The summed E-state index contributed by atoms with van der Waals surface area (Å²) in [5.74, 6) is 0. The van der Waals surface area contributed by atoms with E-state index in [-0.39, 0.29) is 10.8 Å². The number of hydrogen-bond donors (Lipinski definition) is 0. The molecule has 0 radical (unpaired) electrons. The number of hydrogen-bond acceptors (Lipinski definition) is 3. The van der Waals surface area contributed by atoms with E-state index in [1.54, 1.807) is 0 Å². The topological polar surface area (TPSA) is 6.48 Å². The molecule has 9 aromatic rings. The average molecular weight is 699 g/mol. The maximum atomic E-state index is 2.59. The second-order valence-electron chi connectivity index (χ2n) is 15.7. The zero-order valence-corrected chi connectivity index (χ0v) is 31.1. The van der Waals surface area contributed by atoms with Crippen molar-refractivity contribution in [2.45, 2.75) is 38.5 Å². The Labute approximate surface area is 314 Å². The Morgan fingerprint density at radius 2 is 0.717 bits per heavy atom. The van der Waals surface area contributed by atoms with Crippen LogP contribution in [0.25, 0.3) is 41.7 Å². The van der Waals surface area contributed by atoms with Crippen LogP contribution >= 0.6 is 11.3 Å². The molecule has 3 heteroatoms. The Bertz CT molecular complexity index is 2880. The fraction of sp³-hybridized carbons (Fsp3) is 0.120. The highest BCUT2D eigenvalue weighted by Crippen LogP contribution is 2.59. The molecule has 2 aliphatic rings. The van der Waals surface area contributed by atoms with Crippen LogP contribution in [0.2, 0.25) is 0 Å². The lowest BCUT2D eigenvalue weighted by Gasteiger charge is -2.44. The van der Waals surface area contributed by atoms with Crippen molar-refractivity contribution in [2.24, 2.45) is 0 Å². The summed E-state index contributed by atoms with van der Waals surface area (Å²) < 4.78 is 2.65. The third-order valence-electron chi connectivity index (χ3n) is 12.2. The fourth-order valence-corrected chi connectivity index (χ4v) is 10.8. The van der Waals surface area contributed by atoms with Gasteiger partial charge in [0.15, 0.2) is 0 Å². The lowest BCUT2D eigenvalue weighted by atomic mass is 9.73. The summed E-state index contributed by atoms with van der Waals surface area (Å²) in [6.45, 7) is 9.52. The second-order valence-corrected chi connectivity index (χ2v) is 16.8. The molecule has 11 rings (SSSR count). The number of anilines is 6. The normalized spacial score (nSPS) is 15.4. The molecule has 0 unspecified atom stereocenters. The van der Waals surface area contributed by atoms with Crippen LogP contribution in [0.5, 0.6) is 0 Å². The molecule has 0 fully saturated rings. The van der Waals surface area contributed by atoms with Crippen molar-refractivity contribution in [1.29, 1.82) is 0 Å². The smallest absolute Gasteiger partial charge is 0.0620 e. The van der Waals surface area contributed by atoms with Gasteiger partial charge in [-0.1, -0.05) is 149 Å². The van der Waals surface area contributed by atoms with Crippen LogP contribution in [0.4, 0.5) is 34.1 Å². The second kappa shape index (κ2) is 10.8. The summed E-state index contributed by atoms with van der Waals surface area (Å²) in [4.78, 5) is 5.14. The first kappa shape index (κ1) is 30.7. The molecule has 0 N–H and O–H groups in total. The van der Waals surface area contributed by atoms with E-state index in [0.717, 1.165) is 0 Å². The number of rotatable bonds is 2. The molecule has 0 aliphatic carbocycles. The lowest BCUT2D eigenvalue weighted by molar-refractivity contribution is 0.632. The van der Waals surface area contributed by atoms with Gasteiger partial charge < -0.3 is 9.80 Å². The summed E-state index contributed by atoms with van der Waals surface area (Å²) in [7, 11) is 0. The monoisotopic (exact) mass is 698 g/mol. The minimum Gasteiger partial charge on any atom is -0.309 e. The van der Waals surface area contributed by atoms with Crippen molar-refractivity contribution in [3.8, 4) is 0 Å². The Morgan fingerprint density at radius 1 is 0.340 bits per heavy atom. The summed E-state index contributed by atoms with van der Waals surface area (Å²) in [5, 5.41) is 7.61. The Kier molecular flexibility index (Phi) is 6.27. The van der Waals surface area contributed by atoms with Crippen molar-refractivity contribution in [3.05, 3.63) is 180 Å². The number of thiophene rings is 1. The summed E-state index contributed by atoms with van der Waals surface area (Å²) in [5.41, 5.74) is 12.5. The van der Waals surface area contributed by atoms with E-state index in [9.17, 15) is 0 Å². The zero-order chi connectivity index (χ0) is 35.6. The molecule has 0 saturated heterocycles. The van der Waals surface area contributed by atoms with Crippen molar-refractivity contribution in [1.82, 2.24) is 0 Å². The predicted molar refractivity (Wildman–Crippen MR) is 228 cm³/mol. The molecule has 0 amide bonds. The predicted octanol–water partition coefficient (Wildman–Crippen LogP) is 14.6. The van der Waals surface area contributed by atoms with Gasteiger partial charge in [-0.25, -0.2) is 0 Å². The molecule has 53 heavy (non-hydrogen) atoms. The van der Waals surface area contributed by atoms with Crippen molar-refractivity contribution in [2.75, 3.05) is 9.80 Å². The highest BCUT2D eigenvalue weighted by atomic mass is 32.1. The van der Waals surface area contributed by atoms with E-state index in [1.165, 1.54) is 98.1 Å². The lowest BCUT2D eigenvalue weighted by Crippen LogP contribution is -2.31. The molecule has 254 valence electrons. The van der Waals surface area contributed by atoms with Crippen LogP contribution in [0.15, 0.2) is 158 Å². The van der Waals surface area contributed by atoms with Gasteiger partial charge in [0.1, 0.15) is 0 Å². The molecule has 0 spiro atoms. The number of para-hydroxylation sites is 3. The van der Waals surface area contributed by atoms with Gasteiger partial charge in [0.05, 0.1) is 34.1 Å². The fourth-order valence-electron chi connectivity index (χ4n) is 9.63. The Morgan fingerprint density at radius 3 is 1.21 bits per heavy atom. The molecule has 2 aliphatic heterocycles. The minimum atomic E-state index is -0.195. The summed E-state index contributed by atoms with van der Waals surface area (Å²) in [6, 6.07) is 59.1. The Balaban J connectivity index is 1.27. The highest BCUT2D eigenvalue weighted by Gasteiger charge is 2.40. The molecule has 8 aromatic carbocycles. The van der Waals surface area contributed by atoms with Gasteiger partial charge in [-0.15, -0.1) is 11.3 Å². The van der Waals surface area contributed by atoms with Gasteiger partial charge in [0.2, 0.25) is 0 Å². The first-order valence-corrected chi connectivity index (χ1v) is 19.4. The van der Waals surface area contributed by atoms with Gasteiger partial charge in [0, 0.05) is 52.5 Å². The molecule has 0 bridgehead atoms. The summed E-state index contributed by atoms with van der Waals surface area (Å²) >= 11 is 1.90. The van der Waals surface area contributed by atoms with Crippen LogP contribution in [-0.2, 0) is 10.8 Å². The van der Waals surface area contributed by atoms with Gasteiger partial charge in [-0.2, -0.15) is 0 Å². The van der Waals surface area contributed by atoms with E-state index in [0.29, 0.717) is 0 Å². The molecule has 3 heterocycles. The number of nitrogens with zero attached hydrogens (tertiary/aromatic N) is 2. The van der Waals surface area contributed by atoms with Crippen LogP contribution < -0.4 is 9.80 Å². The first-order chi connectivity index (χ1) is 25.8. The number of benzene rings is 8. The molecular weight excluding hydrogens is 661 g/mol. The van der Waals surface area contributed by atoms with E-state index < -0.39 is 0 Å². The largest absolute Gasteiger partial charge is 0.309 e. The zero-order valence-electron chi connectivity index (χ0n) is 30.3. The highest BCUT2D eigenvalue weighted by molar-refractivity contribution is 7.25. The number of fused-ring (bicyclic) bond motifs is 9. The van der Waals surface area contributed by atoms with Crippen LogP contribution in [0.1, 0.15) is 49.9 Å². The Hall–Kier alpha value is -5.90. The van der Waals surface area contributed by atoms with Gasteiger partial charge in [-0.05, 0) is 58.7 Å². The van der Waals surface area contributed by atoms with Crippen molar-refractivity contribution >= 4 is 87.2 Å². The van der Waals surface area contributed by atoms with Crippen LogP contribution in [0, 0.1) is 0 Å². The van der Waals surface area contributed by atoms with Gasteiger partial charge in [-0.3, -0.25) is 0 Å². The SMILES string of the molecule is CC1(C)c2ccccc2N(c2c3ccccc3c(N3c4ccccc4C(C)(C)c4cc5c(cc43)sc3ccccc35)c3ccccc23)c2ccccc21. The first-order valence-electron chi connectivity index (χ1n) is 18.6. The molecule has 1 aromatic heterocycles.